The molecule has 1 aliphatic carbocycles. The summed E-state index contributed by atoms with van der Waals surface area (Å²) in [4.78, 5) is 0. The number of ether oxygens (including phenoxy) is 2. The number of piperidine rings is 1. The maximum Gasteiger partial charge on any atom is 0.161 e. The zero-order valence-corrected chi connectivity index (χ0v) is 12.4. The van der Waals surface area contributed by atoms with Crippen LogP contribution in [-0.2, 0) is 6.42 Å². The second-order valence-electron chi connectivity index (χ2n) is 6.01. The molecule has 110 valence electrons. The first-order valence-corrected chi connectivity index (χ1v) is 7.92. The van der Waals surface area contributed by atoms with Crippen molar-refractivity contribution in [2.75, 3.05) is 13.7 Å². The molecule has 1 aromatic rings. The van der Waals surface area contributed by atoms with Crippen LogP contribution >= 0.6 is 0 Å². The number of hydrogen-bond acceptors (Lipinski definition) is 3. The summed E-state index contributed by atoms with van der Waals surface area (Å²) in [5, 5.41) is 3.60. The Morgan fingerprint density at radius 3 is 2.65 bits per heavy atom. The fraction of sp³-hybridized carbons (Fsp3) is 0.647. The van der Waals surface area contributed by atoms with Crippen LogP contribution in [0.5, 0.6) is 11.5 Å². The van der Waals surface area contributed by atoms with Crippen molar-refractivity contribution in [2.45, 2.75) is 57.1 Å². The standard InChI is InChI=1S/C17H25NO2/c1-19-17-12-13(11-14-5-2-3-10-18-14)8-9-16(17)20-15-6-4-7-15/h8-9,12,14-15,18H,2-7,10-11H2,1H3. The van der Waals surface area contributed by atoms with E-state index in [1.165, 1.54) is 44.1 Å². The van der Waals surface area contributed by atoms with Gasteiger partial charge in [-0.2, -0.15) is 0 Å². The Bertz CT molecular complexity index is 437. The van der Waals surface area contributed by atoms with Gasteiger partial charge in [-0.05, 0) is 62.8 Å². The van der Waals surface area contributed by atoms with Crippen LogP contribution in [0.25, 0.3) is 0 Å². The van der Waals surface area contributed by atoms with Crippen LogP contribution in [0, 0.1) is 0 Å². The molecule has 1 heterocycles. The summed E-state index contributed by atoms with van der Waals surface area (Å²) in [7, 11) is 1.73. The SMILES string of the molecule is COc1cc(CC2CCCCN2)ccc1OC1CCC1. The average molecular weight is 275 g/mol. The molecule has 20 heavy (non-hydrogen) atoms. The Balaban J connectivity index is 1.65. The predicted molar refractivity (Wildman–Crippen MR) is 80.6 cm³/mol. The minimum Gasteiger partial charge on any atom is -0.493 e. The molecule has 0 aromatic heterocycles. The van der Waals surface area contributed by atoms with E-state index < -0.39 is 0 Å². The van der Waals surface area contributed by atoms with Crippen molar-refractivity contribution in [1.82, 2.24) is 5.32 Å². The average Bonchev–Trinajstić information content (AvgIpc) is 2.45. The zero-order valence-electron chi connectivity index (χ0n) is 12.4. The van der Waals surface area contributed by atoms with Gasteiger partial charge in [0, 0.05) is 6.04 Å². The second kappa shape index (κ2) is 6.49. The second-order valence-corrected chi connectivity index (χ2v) is 6.01. The number of nitrogens with one attached hydrogen (secondary N) is 1. The van der Waals surface area contributed by atoms with E-state index >= 15 is 0 Å². The molecule has 1 aromatic carbocycles. The van der Waals surface area contributed by atoms with Crippen molar-refractivity contribution >= 4 is 0 Å². The molecule has 1 N–H and O–H groups in total. The number of rotatable bonds is 5. The van der Waals surface area contributed by atoms with E-state index in [9.17, 15) is 0 Å². The number of methoxy groups -OCH3 is 1. The van der Waals surface area contributed by atoms with Crippen molar-refractivity contribution in [2.24, 2.45) is 0 Å². The lowest BCUT2D eigenvalue weighted by molar-refractivity contribution is 0.116. The molecule has 3 rings (SSSR count). The molecule has 1 saturated carbocycles. The largest absolute Gasteiger partial charge is 0.493 e. The molecule has 1 atom stereocenters. The van der Waals surface area contributed by atoms with Gasteiger partial charge in [-0.25, -0.2) is 0 Å². The van der Waals surface area contributed by atoms with E-state index in [1.54, 1.807) is 7.11 Å². The van der Waals surface area contributed by atoms with E-state index in [-0.39, 0.29) is 0 Å². The van der Waals surface area contributed by atoms with Gasteiger partial charge in [-0.15, -0.1) is 0 Å². The molecule has 0 spiro atoms. The maximum absolute atomic E-state index is 5.98. The third-order valence-electron chi connectivity index (χ3n) is 4.47. The Hall–Kier alpha value is -1.22. The van der Waals surface area contributed by atoms with E-state index in [2.05, 4.69) is 23.5 Å². The van der Waals surface area contributed by atoms with Crippen LogP contribution in [-0.4, -0.2) is 25.8 Å². The van der Waals surface area contributed by atoms with Gasteiger partial charge in [0.1, 0.15) is 0 Å². The van der Waals surface area contributed by atoms with E-state index in [0.717, 1.165) is 24.5 Å². The highest BCUT2D eigenvalue weighted by atomic mass is 16.5. The summed E-state index contributed by atoms with van der Waals surface area (Å²) < 4.78 is 11.5. The first-order chi connectivity index (χ1) is 9.85. The van der Waals surface area contributed by atoms with Crippen molar-refractivity contribution < 1.29 is 9.47 Å². The van der Waals surface area contributed by atoms with E-state index in [1.807, 2.05) is 0 Å². The molecule has 3 heteroatoms. The Labute approximate surface area is 121 Å². The first kappa shape index (κ1) is 13.7. The van der Waals surface area contributed by atoms with Gasteiger partial charge < -0.3 is 14.8 Å². The molecule has 1 saturated heterocycles. The molecule has 1 aliphatic heterocycles. The molecule has 3 nitrogen and oxygen atoms in total. The Morgan fingerprint density at radius 1 is 1.10 bits per heavy atom. The topological polar surface area (TPSA) is 30.5 Å². The maximum atomic E-state index is 5.98. The highest BCUT2D eigenvalue weighted by molar-refractivity contribution is 5.43. The summed E-state index contributed by atoms with van der Waals surface area (Å²) in [5.74, 6) is 1.78. The normalized spacial score (nSPS) is 23.1. The van der Waals surface area contributed by atoms with Crippen LogP contribution in [0.3, 0.4) is 0 Å². The predicted octanol–water partition coefficient (Wildman–Crippen LogP) is 3.31. The summed E-state index contributed by atoms with van der Waals surface area (Å²) in [6, 6.07) is 7.03. The molecule has 2 aliphatic rings. The minimum absolute atomic E-state index is 0.398. The van der Waals surface area contributed by atoms with Gasteiger partial charge in [-0.3, -0.25) is 0 Å². The van der Waals surface area contributed by atoms with Crippen LogP contribution in [0.15, 0.2) is 18.2 Å². The van der Waals surface area contributed by atoms with Gasteiger partial charge in [0.2, 0.25) is 0 Å². The fourth-order valence-electron chi connectivity index (χ4n) is 2.99. The quantitative estimate of drug-likeness (QED) is 0.894. The van der Waals surface area contributed by atoms with Gasteiger partial charge in [0.25, 0.3) is 0 Å². The highest BCUT2D eigenvalue weighted by Crippen LogP contribution is 2.33. The van der Waals surface area contributed by atoms with Crippen LogP contribution in [0.4, 0.5) is 0 Å². The molecule has 2 fully saturated rings. The third-order valence-corrected chi connectivity index (χ3v) is 4.47. The summed E-state index contributed by atoms with van der Waals surface area (Å²) >= 11 is 0. The molecular weight excluding hydrogens is 250 g/mol. The number of benzene rings is 1. The summed E-state index contributed by atoms with van der Waals surface area (Å²) in [6.07, 6.45) is 9.07. The number of hydrogen-bond donors (Lipinski definition) is 1. The lowest BCUT2D eigenvalue weighted by Gasteiger charge is -2.27. The van der Waals surface area contributed by atoms with Crippen molar-refractivity contribution in [3.63, 3.8) is 0 Å². The van der Waals surface area contributed by atoms with Gasteiger partial charge in [0.05, 0.1) is 13.2 Å². The first-order valence-electron chi connectivity index (χ1n) is 7.92. The molecule has 0 amide bonds. The van der Waals surface area contributed by atoms with E-state index in [4.69, 9.17) is 9.47 Å². The smallest absolute Gasteiger partial charge is 0.161 e. The summed E-state index contributed by atoms with van der Waals surface area (Å²) in [6.45, 7) is 1.16. The zero-order chi connectivity index (χ0) is 13.8. The van der Waals surface area contributed by atoms with Gasteiger partial charge in [0.15, 0.2) is 11.5 Å². The Morgan fingerprint density at radius 2 is 2.00 bits per heavy atom. The van der Waals surface area contributed by atoms with Gasteiger partial charge in [-0.1, -0.05) is 12.5 Å². The molecule has 1 unspecified atom stereocenters. The van der Waals surface area contributed by atoms with Crippen molar-refractivity contribution in [1.29, 1.82) is 0 Å². The molecular formula is C17H25NO2. The summed E-state index contributed by atoms with van der Waals surface area (Å²) in [5.41, 5.74) is 1.34. The fourth-order valence-corrected chi connectivity index (χ4v) is 2.99. The lowest BCUT2D eigenvalue weighted by Crippen LogP contribution is -2.35. The lowest BCUT2D eigenvalue weighted by atomic mass is 9.96. The van der Waals surface area contributed by atoms with Crippen LogP contribution in [0.1, 0.15) is 44.1 Å². The minimum atomic E-state index is 0.398. The Kier molecular flexibility index (Phi) is 4.46. The highest BCUT2D eigenvalue weighted by Gasteiger charge is 2.21. The van der Waals surface area contributed by atoms with Crippen LogP contribution in [0.2, 0.25) is 0 Å². The third kappa shape index (κ3) is 3.26. The molecule has 0 radical (unpaired) electrons. The van der Waals surface area contributed by atoms with Crippen LogP contribution < -0.4 is 14.8 Å². The van der Waals surface area contributed by atoms with Gasteiger partial charge >= 0.3 is 0 Å². The molecule has 0 bridgehead atoms. The van der Waals surface area contributed by atoms with Crippen molar-refractivity contribution in [3.05, 3.63) is 23.8 Å². The van der Waals surface area contributed by atoms with E-state index in [0.29, 0.717) is 12.1 Å². The van der Waals surface area contributed by atoms with Crippen molar-refractivity contribution in [3.8, 4) is 11.5 Å². The monoisotopic (exact) mass is 275 g/mol.